The SMILES string of the molecule is CC(C)(C)c1ccc(N(c2ccc(C(C)(C)C)cc2)c2ccc(C3(c4ccc([Si](C)(C)C)cc4)c4cc(N(c5ccc(C(C)(C)C)cc5)c5cccc6ccccc56)c5oc6ccccc6c5c4-c4c3cc(N(c3ccc(C(C)(C)C)cc3)c3cccc5ccccc35)c3sc5ccccc5c43)cc2)cc1. The molecule has 1 aliphatic carbocycles. The second-order valence-electron chi connectivity index (χ2n) is 34.6. The Bertz CT molecular complexity index is 5730. The Hall–Kier alpha value is -10.8. The van der Waals surface area contributed by atoms with Crippen LogP contribution < -0.4 is 19.9 Å². The Balaban J connectivity index is 1.06. The fourth-order valence-corrected chi connectivity index (χ4v) is 19.1. The van der Waals surface area contributed by atoms with Crippen LogP contribution in [0.5, 0.6) is 0 Å². The van der Waals surface area contributed by atoms with E-state index in [1.54, 1.807) is 0 Å². The number of furan rings is 1. The number of benzene rings is 14. The van der Waals surface area contributed by atoms with Gasteiger partial charge in [0.15, 0.2) is 5.58 Å². The zero-order valence-corrected chi connectivity index (χ0v) is 65.7. The first-order chi connectivity index (χ1) is 50.7. The third-order valence-corrected chi connectivity index (χ3v) is 25.8. The van der Waals surface area contributed by atoms with E-state index >= 15 is 0 Å². The highest BCUT2D eigenvalue weighted by atomic mass is 32.1. The van der Waals surface area contributed by atoms with Gasteiger partial charge < -0.3 is 19.1 Å². The highest BCUT2D eigenvalue weighted by molar-refractivity contribution is 7.26. The minimum atomic E-state index is -1.88. The molecule has 0 amide bonds. The van der Waals surface area contributed by atoms with Crippen LogP contribution in [0, 0.1) is 0 Å². The second kappa shape index (κ2) is 25.2. The maximum Gasteiger partial charge on any atom is 0.160 e. The van der Waals surface area contributed by atoms with Gasteiger partial charge in [-0.25, -0.2) is 0 Å². The summed E-state index contributed by atoms with van der Waals surface area (Å²) < 4.78 is 10.2. The molecule has 0 saturated carbocycles. The van der Waals surface area contributed by atoms with E-state index in [9.17, 15) is 0 Å². The molecule has 1 atom stereocenters. The molecule has 2 heterocycles. The Morgan fingerprint density at radius 3 is 1.13 bits per heavy atom. The van der Waals surface area contributed by atoms with Gasteiger partial charge in [-0.1, -0.05) is 302 Å². The second-order valence-corrected chi connectivity index (χ2v) is 40.7. The van der Waals surface area contributed by atoms with E-state index in [-0.39, 0.29) is 21.7 Å². The van der Waals surface area contributed by atoms with E-state index in [2.05, 4.69) is 409 Å². The quantitative estimate of drug-likeness (QED) is 0.114. The van der Waals surface area contributed by atoms with Crippen molar-refractivity contribution in [3.8, 4) is 11.1 Å². The van der Waals surface area contributed by atoms with Gasteiger partial charge in [-0.05, 0) is 185 Å². The zero-order valence-electron chi connectivity index (χ0n) is 63.9. The Morgan fingerprint density at radius 1 is 0.321 bits per heavy atom. The maximum atomic E-state index is 7.73. The first kappa shape index (κ1) is 68.4. The predicted octanol–water partition coefficient (Wildman–Crippen LogP) is 28.8. The van der Waals surface area contributed by atoms with Crippen LogP contribution in [-0.4, -0.2) is 8.07 Å². The molecule has 0 aliphatic heterocycles. The van der Waals surface area contributed by atoms with Crippen molar-refractivity contribution in [2.24, 2.45) is 0 Å². The van der Waals surface area contributed by atoms with Crippen molar-refractivity contribution in [3.63, 3.8) is 0 Å². The largest absolute Gasteiger partial charge is 0.454 e. The van der Waals surface area contributed by atoms with Crippen molar-refractivity contribution >= 4 is 139 Å². The molecule has 0 spiro atoms. The lowest BCUT2D eigenvalue weighted by Crippen LogP contribution is -2.38. The standard InChI is InChI=1S/C100H93N3OSSi/c1-96(2,3)66-38-50-72(51-39-66)101(73-52-40-67(41-53-73)97(4,5)6)74-58-46-70(47-59-74)100(71-48-60-77(61-49-71)106(13,14)15)82-62-86(102(75-54-42-68(43-55-75)98(7,8)9)84-34-24-28-64-26-16-18-30-78(64)84)94-90(80-32-20-22-36-88(80)104-94)92(82)93-83(100)63-87(95-91(93)81-33-21-23-37-89(81)105-95)103(76-56-44-69(45-57-76)99(10,11)12)85-35-25-29-65-27-17-19-31-79(65)85/h16-63H,1-15H3. The van der Waals surface area contributed by atoms with Gasteiger partial charge in [0.1, 0.15) is 5.58 Å². The van der Waals surface area contributed by atoms with E-state index < -0.39 is 13.5 Å². The third kappa shape index (κ3) is 11.4. The summed E-state index contributed by atoms with van der Waals surface area (Å²) in [5.41, 5.74) is 22.4. The lowest BCUT2D eigenvalue weighted by atomic mass is 9.67. The molecule has 0 N–H and O–H groups in total. The van der Waals surface area contributed by atoms with Gasteiger partial charge in [-0.15, -0.1) is 11.3 Å². The predicted molar refractivity (Wildman–Crippen MR) is 461 cm³/mol. The summed E-state index contributed by atoms with van der Waals surface area (Å²) in [5, 5.41) is 10.7. The van der Waals surface area contributed by atoms with E-state index in [0.29, 0.717) is 0 Å². The number of nitrogens with zero attached hydrogens (tertiary/aromatic N) is 3. The number of thiophene rings is 1. The van der Waals surface area contributed by atoms with Gasteiger partial charge >= 0.3 is 0 Å². The van der Waals surface area contributed by atoms with Crippen molar-refractivity contribution in [3.05, 3.63) is 336 Å². The average molecular weight is 1410 g/mol. The van der Waals surface area contributed by atoms with Crippen LogP contribution in [0.2, 0.25) is 19.6 Å². The maximum absolute atomic E-state index is 7.73. The van der Waals surface area contributed by atoms with Gasteiger partial charge in [0.25, 0.3) is 0 Å². The highest BCUT2D eigenvalue weighted by Crippen LogP contribution is 2.66. The Labute approximate surface area is 630 Å². The number of anilines is 9. The lowest BCUT2D eigenvalue weighted by molar-refractivity contribution is 0.590. The van der Waals surface area contributed by atoms with Crippen LogP contribution in [0.4, 0.5) is 51.2 Å². The monoisotopic (exact) mass is 1410 g/mol. The zero-order chi connectivity index (χ0) is 73.6. The molecule has 524 valence electrons. The first-order valence-corrected chi connectivity index (χ1v) is 42.0. The van der Waals surface area contributed by atoms with Crippen molar-refractivity contribution in [2.75, 3.05) is 14.7 Å². The molecule has 1 unspecified atom stereocenters. The van der Waals surface area contributed by atoms with E-state index in [0.717, 1.165) is 89.5 Å². The fraction of sp³-hybridized carbons (Fsp3) is 0.200. The molecule has 17 rings (SSSR count). The van der Waals surface area contributed by atoms with Crippen LogP contribution in [0.15, 0.2) is 296 Å². The fourth-order valence-electron chi connectivity index (χ4n) is 16.7. The molecule has 2 aromatic heterocycles. The van der Waals surface area contributed by atoms with Crippen LogP contribution in [0.3, 0.4) is 0 Å². The smallest absolute Gasteiger partial charge is 0.160 e. The molecule has 4 nitrogen and oxygen atoms in total. The first-order valence-electron chi connectivity index (χ1n) is 37.7. The molecule has 1 aliphatic rings. The summed E-state index contributed by atoms with van der Waals surface area (Å²) in [6, 6.07) is 112. The number of hydrogen-bond donors (Lipinski definition) is 0. The van der Waals surface area contributed by atoms with Crippen molar-refractivity contribution < 1.29 is 4.42 Å². The van der Waals surface area contributed by atoms with Gasteiger partial charge in [-0.3, -0.25) is 0 Å². The van der Waals surface area contributed by atoms with Crippen molar-refractivity contribution in [2.45, 2.75) is 130 Å². The molecular weight excluding hydrogens is 1320 g/mol. The molecule has 0 bridgehead atoms. The minimum absolute atomic E-state index is 0.0185. The topological polar surface area (TPSA) is 22.9 Å². The Kier molecular flexibility index (Phi) is 16.3. The highest BCUT2D eigenvalue weighted by Gasteiger charge is 2.51. The van der Waals surface area contributed by atoms with Gasteiger partial charge in [-0.2, -0.15) is 0 Å². The summed E-state index contributed by atoms with van der Waals surface area (Å²) in [7, 11) is -1.88. The van der Waals surface area contributed by atoms with Crippen LogP contribution in [0.1, 0.15) is 128 Å². The van der Waals surface area contributed by atoms with E-state index in [1.807, 2.05) is 11.3 Å². The van der Waals surface area contributed by atoms with Crippen LogP contribution in [-0.2, 0) is 27.1 Å². The number of hydrogen-bond acceptors (Lipinski definition) is 5. The Morgan fingerprint density at radius 2 is 0.679 bits per heavy atom. The molecule has 14 aromatic carbocycles. The summed E-state index contributed by atoms with van der Waals surface area (Å²) >= 11 is 1.90. The molecule has 106 heavy (non-hydrogen) atoms. The number of fused-ring (bicyclic) bond motifs is 13. The molecular formula is C100H93N3OSSi. The molecule has 0 fully saturated rings. The van der Waals surface area contributed by atoms with E-state index in [4.69, 9.17) is 4.42 Å². The number of para-hydroxylation sites is 1. The number of rotatable bonds is 12. The van der Waals surface area contributed by atoms with Crippen LogP contribution in [0.25, 0.3) is 74.8 Å². The van der Waals surface area contributed by atoms with Gasteiger partial charge in [0, 0.05) is 65.5 Å². The summed E-state index contributed by atoms with van der Waals surface area (Å²) in [4.78, 5) is 7.57. The minimum Gasteiger partial charge on any atom is -0.454 e. The normalized spacial score (nSPS) is 14.2. The summed E-state index contributed by atoms with van der Waals surface area (Å²) in [6.07, 6.45) is 0. The van der Waals surface area contributed by atoms with Crippen LogP contribution >= 0.6 is 11.3 Å². The third-order valence-electron chi connectivity index (χ3n) is 22.5. The molecule has 16 aromatic rings. The molecule has 6 heteroatoms. The van der Waals surface area contributed by atoms with Crippen molar-refractivity contribution in [1.82, 2.24) is 0 Å². The van der Waals surface area contributed by atoms with Crippen molar-refractivity contribution in [1.29, 1.82) is 0 Å². The summed E-state index contributed by atoms with van der Waals surface area (Å²) in [6.45, 7) is 35.0. The van der Waals surface area contributed by atoms with E-state index in [1.165, 1.54) is 86.2 Å². The van der Waals surface area contributed by atoms with Gasteiger partial charge in [0.2, 0.25) is 0 Å². The molecule has 0 saturated heterocycles. The lowest BCUT2D eigenvalue weighted by Gasteiger charge is -2.37. The summed E-state index contributed by atoms with van der Waals surface area (Å²) in [5.74, 6) is 0. The average Bonchev–Trinajstić information content (AvgIpc) is 1.50. The molecule has 0 radical (unpaired) electrons. The van der Waals surface area contributed by atoms with Gasteiger partial charge in [0.05, 0.1) is 40.9 Å².